The van der Waals surface area contributed by atoms with Crippen LogP contribution in [0.5, 0.6) is 0 Å². The molecule has 3 amide bonds. The number of hydrogen-bond acceptors (Lipinski definition) is 6. The zero-order chi connectivity index (χ0) is 23.0. The standard InChI is InChI=1S/C21H29BrN4O5/c1-12(27)23-11-21-8-14(26(15(21)9-21)19(29)31-20(2,3)4)18(28)25-17-13(10-30-5)6-7-16(22)24-17/h6-7,14-15H,8-11H2,1-5H3,(H,23,27)(H,24,25,28)/t14-,15+,21-/m0/s1. The SMILES string of the molecule is COCc1ccc(Br)nc1NC(=O)[C@@H]1C[C@@]2(CNC(C)=O)C[C@H]2N1C(=O)OC(C)(C)C. The highest BCUT2D eigenvalue weighted by Crippen LogP contribution is 2.59. The van der Waals surface area contributed by atoms with E-state index in [-0.39, 0.29) is 29.9 Å². The number of nitrogens with zero attached hydrogens (tertiary/aromatic N) is 2. The quantitative estimate of drug-likeness (QED) is 0.585. The van der Waals surface area contributed by atoms with Crippen molar-refractivity contribution < 1.29 is 23.9 Å². The predicted octanol–water partition coefficient (Wildman–Crippen LogP) is 2.83. The minimum atomic E-state index is -0.724. The first-order valence-electron chi connectivity index (χ1n) is 10.2. The molecular weight excluding hydrogens is 468 g/mol. The van der Waals surface area contributed by atoms with Gasteiger partial charge in [0, 0.05) is 37.6 Å². The van der Waals surface area contributed by atoms with E-state index in [1.54, 1.807) is 33.9 Å². The van der Waals surface area contributed by atoms with Crippen LogP contribution < -0.4 is 10.6 Å². The lowest BCUT2D eigenvalue weighted by molar-refractivity contribution is -0.121. The van der Waals surface area contributed by atoms with Crippen LogP contribution in [0.2, 0.25) is 0 Å². The molecule has 1 aliphatic carbocycles. The van der Waals surface area contributed by atoms with Crippen LogP contribution in [0.15, 0.2) is 16.7 Å². The number of halogens is 1. The lowest BCUT2D eigenvalue weighted by atomic mass is 9.99. The van der Waals surface area contributed by atoms with Crippen molar-refractivity contribution >= 4 is 39.7 Å². The van der Waals surface area contributed by atoms with E-state index in [4.69, 9.17) is 9.47 Å². The molecule has 1 aliphatic heterocycles. The van der Waals surface area contributed by atoms with Crippen LogP contribution in [0.1, 0.15) is 46.1 Å². The maximum absolute atomic E-state index is 13.3. The van der Waals surface area contributed by atoms with Gasteiger partial charge in [0.15, 0.2) is 0 Å². The van der Waals surface area contributed by atoms with Gasteiger partial charge in [-0.2, -0.15) is 0 Å². The highest BCUT2D eigenvalue weighted by atomic mass is 79.9. The number of rotatable bonds is 6. The minimum absolute atomic E-state index is 0.140. The van der Waals surface area contributed by atoms with E-state index in [0.29, 0.717) is 23.4 Å². The van der Waals surface area contributed by atoms with E-state index < -0.39 is 17.7 Å². The van der Waals surface area contributed by atoms with E-state index in [0.717, 1.165) is 12.0 Å². The molecule has 0 unspecified atom stereocenters. The number of pyridine rings is 1. The fourth-order valence-corrected chi connectivity index (χ4v) is 4.34. The van der Waals surface area contributed by atoms with E-state index >= 15 is 0 Å². The summed E-state index contributed by atoms with van der Waals surface area (Å²) in [5.74, 6) is -0.107. The Morgan fingerprint density at radius 2 is 2.00 bits per heavy atom. The van der Waals surface area contributed by atoms with Crippen LogP contribution in [-0.2, 0) is 25.7 Å². The third kappa shape index (κ3) is 5.35. The Hall–Kier alpha value is -2.20. The lowest BCUT2D eigenvalue weighted by Crippen LogP contribution is -2.47. The molecule has 3 rings (SSSR count). The predicted molar refractivity (Wildman–Crippen MR) is 117 cm³/mol. The molecule has 1 saturated carbocycles. The van der Waals surface area contributed by atoms with Gasteiger partial charge in [0.2, 0.25) is 11.8 Å². The Balaban J connectivity index is 1.83. The molecule has 1 aromatic heterocycles. The zero-order valence-electron chi connectivity index (χ0n) is 18.5. The first kappa shape index (κ1) is 23.5. The molecule has 0 aromatic carbocycles. The van der Waals surface area contributed by atoms with Crippen LogP contribution in [0.25, 0.3) is 0 Å². The van der Waals surface area contributed by atoms with Gasteiger partial charge >= 0.3 is 6.09 Å². The van der Waals surface area contributed by atoms with Gasteiger partial charge in [-0.25, -0.2) is 9.78 Å². The van der Waals surface area contributed by atoms with Crippen LogP contribution in [-0.4, -0.2) is 59.1 Å². The maximum atomic E-state index is 13.3. The van der Waals surface area contributed by atoms with Gasteiger partial charge in [-0.3, -0.25) is 14.5 Å². The van der Waals surface area contributed by atoms with Crippen molar-refractivity contribution in [3.63, 3.8) is 0 Å². The van der Waals surface area contributed by atoms with Gasteiger partial charge < -0.3 is 20.1 Å². The molecule has 0 spiro atoms. The molecule has 1 saturated heterocycles. The highest BCUT2D eigenvalue weighted by molar-refractivity contribution is 9.10. The summed E-state index contributed by atoms with van der Waals surface area (Å²) >= 11 is 3.32. The Morgan fingerprint density at radius 3 is 2.61 bits per heavy atom. The summed E-state index contributed by atoms with van der Waals surface area (Å²) < 4.78 is 11.3. The summed E-state index contributed by atoms with van der Waals surface area (Å²) in [7, 11) is 1.56. The van der Waals surface area contributed by atoms with Crippen LogP contribution in [0.4, 0.5) is 10.6 Å². The lowest BCUT2D eigenvalue weighted by Gasteiger charge is -2.29. The van der Waals surface area contributed by atoms with Crippen molar-refractivity contribution in [2.75, 3.05) is 19.0 Å². The second kappa shape index (κ2) is 8.74. The number of ether oxygens (including phenoxy) is 2. The summed E-state index contributed by atoms with van der Waals surface area (Å²) in [6.45, 7) is 7.52. The molecule has 2 N–H and O–H groups in total. The van der Waals surface area contributed by atoms with Crippen molar-refractivity contribution in [3.8, 4) is 0 Å². The second-order valence-electron chi connectivity index (χ2n) is 9.16. The topological polar surface area (TPSA) is 110 Å². The van der Waals surface area contributed by atoms with Gasteiger partial charge in [-0.05, 0) is 55.6 Å². The number of carbonyl (C=O) groups is 3. The number of hydrogen-bond donors (Lipinski definition) is 2. The van der Waals surface area contributed by atoms with E-state index in [2.05, 4.69) is 31.5 Å². The molecule has 9 nitrogen and oxygen atoms in total. The first-order chi connectivity index (χ1) is 14.5. The van der Waals surface area contributed by atoms with Crippen molar-refractivity contribution in [2.24, 2.45) is 5.41 Å². The Kier molecular flexibility index (Phi) is 6.61. The van der Waals surface area contributed by atoms with Gasteiger partial charge in [0.1, 0.15) is 22.1 Å². The molecule has 3 atom stereocenters. The number of aromatic nitrogens is 1. The molecule has 170 valence electrons. The molecule has 10 heteroatoms. The monoisotopic (exact) mass is 496 g/mol. The Labute approximate surface area is 190 Å². The van der Waals surface area contributed by atoms with Gasteiger partial charge in [0.25, 0.3) is 0 Å². The van der Waals surface area contributed by atoms with E-state index in [1.165, 1.54) is 11.8 Å². The van der Waals surface area contributed by atoms with Crippen molar-refractivity contribution in [1.82, 2.24) is 15.2 Å². The maximum Gasteiger partial charge on any atom is 0.411 e. The van der Waals surface area contributed by atoms with E-state index in [1.807, 2.05) is 6.07 Å². The molecule has 31 heavy (non-hydrogen) atoms. The number of carbonyl (C=O) groups excluding carboxylic acids is 3. The normalized spacial score (nSPS) is 24.4. The number of fused-ring (bicyclic) bond motifs is 1. The largest absolute Gasteiger partial charge is 0.444 e. The van der Waals surface area contributed by atoms with Crippen molar-refractivity contribution in [1.29, 1.82) is 0 Å². The number of piperidine rings is 1. The van der Waals surface area contributed by atoms with Crippen LogP contribution in [0.3, 0.4) is 0 Å². The highest BCUT2D eigenvalue weighted by Gasteiger charge is 2.67. The average Bonchev–Trinajstić information content (AvgIpc) is 3.25. The number of anilines is 1. The summed E-state index contributed by atoms with van der Waals surface area (Å²) in [5.41, 5.74) is -0.281. The van der Waals surface area contributed by atoms with E-state index in [9.17, 15) is 14.4 Å². The van der Waals surface area contributed by atoms with Gasteiger partial charge in [-0.15, -0.1) is 0 Å². The van der Waals surface area contributed by atoms with Crippen molar-refractivity contribution in [2.45, 2.75) is 64.8 Å². The summed E-state index contributed by atoms with van der Waals surface area (Å²) in [5, 5.41) is 5.69. The first-order valence-corrected chi connectivity index (χ1v) is 11.0. The Bertz CT molecular complexity index is 887. The second-order valence-corrected chi connectivity index (χ2v) is 9.98. The molecule has 1 aromatic rings. The molecule has 2 fully saturated rings. The summed E-state index contributed by atoms with van der Waals surface area (Å²) in [6, 6.07) is 2.70. The molecular formula is C21H29BrN4O5. The number of amides is 3. The molecule has 2 aliphatic rings. The Morgan fingerprint density at radius 1 is 1.29 bits per heavy atom. The zero-order valence-corrected chi connectivity index (χ0v) is 20.0. The van der Waals surface area contributed by atoms with Crippen molar-refractivity contribution in [3.05, 3.63) is 22.3 Å². The van der Waals surface area contributed by atoms with Gasteiger partial charge in [0.05, 0.1) is 6.61 Å². The number of methoxy groups -OCH3 is 1. The molecule has 0 radical (unpaired) electrons. The third-order valence-corrected chi connectivity index (χ3v) is 5.94. The van der Waals surface area contributed by atoms with Gasteiger partial charge in [-0.1, -0.05) is 6.07 Å². The summed E-state index contributed by atoms with van der Waals surface area (Å²) in [4.78, 5) is 43.5. The molecule has 2 heterocycles. The number of nitrogens with one attached hydrogen (secondary N) is 2. The fourth-order valence-electron chi connectivity index (χ4n) is 4.03. The average molecular weight is 497 g/mol. The summed E-state index contributed by atoms with van der Waals surface area (Å²) in [6.07, 6.45) is 0.635. The minimum Gasteiger partial charge on any atom is -0.444 e. The number of likely N-dealkylation sites (tertiary alicyclic amines) is 1. The van der Waals surface area contributed by atoms with Crippen LogP contribution in [0, 0.1) is 5.41 Å². The smallest absolute Gasteiger partial charge is 0.411 e. The molecule has 0 bridgehead atoms. The van der Waals surface area contributed by atoms with Crippen LogP contribution >= 0.6 is 15.9 Å². The fraction of sp³-hybridized carbons (Fsp3) is 0.619. The third-order valence-electron chi connectivity index (χ3n) is 5.50.